The maximum Gasteiger partial charge on any atom is 0.330 e. The van der Waals surface area contributed by atoms with Crippen LogP contribution in [0.4, 0.5) is 0 Å². The SMILES string of the molecule is C=CC(=O)OCCOc1cc(OCCO)ccc1-c1ccc(C2CCC(CCCCC)CC2)cc1. The van der Waals surface area contributed by atoms with Gasteiger partial charge in [-0.05, 0) is 60.8 Å². The van der Waals surface area contributed by atoms with Gasteiger partial charge < -0.3 is 19.3 Å². The molecule has 0 unspecified atom stereocenters. The molecule has 1 fully saturated rings. The summed E-state index contributed by atoms with van der Waals surface area (Å²) in [5, 5.41) is 9.06. The lowest BCUT2D eigenvalue weighted by atomic mass is 9.77. The van der Waals surface area contributed by atoms with Gasteiger partial charge in [-0.1, -0.05) is 63.5 Å². The highest BCUT2D eigenvalue weighted by molar-refractivity contribution is 5.81. The molecule has 2 aromatic rings. The molecule has 1 saturated carbocycles. The van der Waals surface area contributed by atoms with Crippen LogP contribution in [0.25, 0.3) is 11.1 Å². The van der Waals surface area contributed by atoms with Gasteiger partial charge in [0, 0.05) is 17.7 Å². The Bertz CT molecular complexity index is 913. The molecule has 35 heavy (non-hydrogen) atoms. The predicted octanol–water partition coefficient (Wildman–Crippen LogP) is 6.69. The zero-order chi connectivity index (χ0) is 24.9. The third-order valence-corrected chi connectivity index (χ3v) is 6.82. The minimum Gasteiger partial charge on any atom is -0.491 e. The number of aliphatic hydroxyl groups is 1. The van der Waals surface area contributed by atoms with Crippen LogP contribution in [0.15, 0.2) is 55.1 Å². The molecule has 0 amide bonds. The van der Waals surface area contributed by atoms with E-state index in [1.54, 1.807) is 0 Å². The highest BCUT2D eigenvalue weighted by Gasteiger charge is 2.22. The van der Waals surface area contributed by atoms with E-state index >= 15 is 0 Å². The Morgan fingerprint density at radius 3 is 2.46 bits per heavy atom. The van der Waals surface area contributed by atoms with Gasteiger partial charge in [-0.25, -0.2) is 4.79 Å². The van der Waals surface area contributed by atoms with Crippen LogP contribution >= 0.6 is 0 Å². The van der Waals surface area contributed by atoms with Crippen molar-refractivity contribution in [2.24, 2.45) is 5.92 Å². The zero-order valence-corrected chi connectivity index (χ0v) is 21.0. The minimum atomic E-state index is -0.473. The van der Waals surface area contributed by atoms with Gasteiger partial charge in [-0.3, -0.25) is 0 Å². The molecule has 0 saturated heterocycles. The second-order valence-electron chi connectivity index (χ2n) is 9.29. The summed E-state index contributed by atoms with van der Waals surface area (Å²) in [6.45, 7) is 6.18. The van der Waals surface area contributed by atoms with E-state index in [1.165, 1.54) is 56.9 Å². The standard InChI is InChI=1S/C30H40O5/c1-3-5-6-7-23-8-10-24(11-9-23)25-12-14-26(15-13-25)28-17-16-27(33-19-18-31)22-29(28)34-20-21-35-30(32)4-2/h4,12-17,22-24,31H,2-3,5-11,18-21H2,1H3. The number of esters is 1. The number of hydrogen-bond donors (Lipinski definition) is 1. The van der Waals surface area contributed by atoms with Crippen molar-refractivity contribution in [3.8, 4) is 22.6 Å². The minimum absolute atomic E-state index is 0.0580. The summed E-state index contributed by atoms with van der Waals surface area (Å²) in [5.74, 6) is 2.35. The molecule has 0 atom stereocenters. The molecule has 190 valence electrons. The third-order valence-electron chi connectivity index (χ3n) is 6.82. The first-order valence-electron chi connectivity index (χ1n) is 13.0. The van der Waals surface area contributed by atoms with E-state index in [2.05, 4.69) is 37.8 Å². The monoisotopic (exact) mass is 480 g/mol. The van der Waals surface area contributed by atoms with E-state index in [0.29, 0.717) is 17.4 Å². The topological polar surface area (TPSA) is 65.0 Å². The molecule has 1 aliphatic rings. The lowest BCUT2D eigenvalue weighted by Crippen LogP contribution is -2.13. The molecule has 5 nitrogen and oxygen atoms in total. The van der Waals surface area contributed by atoms with Crippen LogP contribution in [0, 0.1) is 5.92 Å². The van der Waals surface area contributed by atoms with Crippen LogP contribution in [-0.2, 0) is 9.53 Å². The summed E-state index contributed by atoms with van der Waals surface area (Å²) in [6.07, 6.45) is 11.8. The second kappa shape index (κ2) is 14.6. The maximum atomic E-state index is 11.3. The van der Waals surface area contributed by atoms with Gasteiger partial charge in [-0.2, -0.15) is 0 Å². The molecule has 0 bridgehead atoms. The fourth-order valence-electron chi connectivity index (χ4n) is 4.87. The molecule has 0 aliphatic heterocycles. The first-order chi connectivity index (χ1) is 17.1. The number of rotatable bonds is 14. The van der Waals surface area contributed by atoms with Crippen molar-refractivity contribution in [3.63, 3.8) is 0 Å². The Morgan fingerprint density at radius 1 is 1.00 bits per heavy atom. The highest BCUT2D eigenvalue weighted by atomic mass is 16.6. The van der Waals surface area contributed by atoms with Crippen molar-refractivity contribution in [2.75, 3.05) is 26.4 Å². The van der Waals surface area contributed by atoms with Gasteiger partial charge in [-0.15, -0.1) is 0 Å². The van der Waals surface area contributed by atoms with Crippen LogP contribution in [-0.4, -0.2) is 37.5 Å². The van der Waals surface area contributed by atoms with E-state index < -0.39 is 5.97 Å². The molecular formula is C30H40O5. The predicted molar refractivity (Wildman–Crippen MR) is 140 cm³/mol. The molecular weight excluding hydrogens is 440 g/mol. The van der Waals surface area contributed by atoms with E-state index in [4.69, 9.17) is 19.3 Å². The van der Waals surface area contributed by atoms with Gasteiger partial charge >= 0.3 is 5.97 Å². The van der Waals surface area contributed by atoms with Crippen molar-refractivity contribution in [2.45, 2.75) is 64.2 Å². The number of carbonyl (C=O) groups is 1. The molecule has 0 spiro atoms. The Balaban J connectivity index is 1.65. The van der Waals surface area contributed by atoms with Gasteiger partial charge in [0.05, 0.1) is 6.61 Å². The fourth-order valence-corrected chi connectivity index (χ4v) is 4.87. The lowest BCUT2D eigenvalue weighted by molar-refractivity contribution is -0.138. The van der Waals surface area contributed by atoms with Crippen molar-refractivity contribution in [1.29, 1.82) is 0 Å². The molecule has 1 aliphatic carbocycles. The summed E-state index contributed by atoms with van der Waals surface area (Å²) < 4.78 is 16.5. The van der Waals surface area contributed by atoms with E-state index in [-0.39, 0.29) is 26.4 Å². The molecule has 0 heterocycles. The van der Waals surface area contributed by atoms with Crippen molar-refractivity contribution in [1.82, 2.24) is 0 Å². The van der Waals surface area contributed by atoms with Gasteiger partial charge in [0.2, 0.25) is 0 Å². The van der Waals surface area contributed by atoms with E-state index in [1.807, 2.05) is 18.2 Å². The van der Waals surface area contributed by atoms with Crippen LogP contribution < -0.4 is 9.47 Å². The van der Waals surface area contributed by atoms with Crippen molar-refractivity contribution < 1.29 is 24.1 Å². The Morgan fingerprint density at radius 2 is 1.77 bits per heavy atom. The van der Waals surface area contributed by atoms with Crippen molar-refractivity contribution in [3.05, 3.63) is 60.7 Å². The Hall–Kier alpha value is -2.79. The molecule has 0 aromatic heterocycles. The zero-order valence-electron chi connectivity index (χ0n) is 21.0. The molecule has 5 heteroatoms. The van der Waals surface area contributed by atoms with Crippen LogP contribution in [0.5, 0.6) is 11.5 Å². The molecule has 0 radical (unpaired) electrons. The Labute approximate surface area is 210 Å². The van der Waals surface area contributed by atoms with Crippen LogP contribution in [0.1, 0.15) is 69.8 Å². The van der Waals surface area contributed by atoms with Gasteiger partial charge in [0.1, 0.15) is 31.3 Å². The lowest BCUT2D eigenvalue weighted by Gasteiger charge is -2.29. The van der Waals surface area contributed by atoms with Gasteiger partial charge in [0.25, 0.3) is 0 Å². The smallest absolute Gasteiger partial charge is 0.330 e. The molecule has 3 rings (SSSR count). The van der Waals surface area contributed by atoms with Crippen LogP contribution in [0.3, 0.4) is 0 Å². The summed E-state index contributed by atoms with van der Waals surface area (Å²) in [6, 6.07) is 14.5. The number of benzene rings is 2. The number of unbranched alkanes of at least 4 members (excludes halogenated alkanes) is 2. The van der Waals surface area contributed by atoms with Crippen molar-refractivity contribution >= 4 is 5.97 Å². The molecule has 1 N–H and O–H groups in total. The first kappa shape index (κ1) is 26.8. The van der Waals surface area contributed by atoms with Gasteiger partial charge in [0.15, 0.2) is 0 Å². The normalized spacial score (nSPS) is 17.5. The summed E-state index contributed by atoms with van der Waals surface area (Å²) in [7, 11) is 0. The average molecular weight is 481 g/mol. The number of hydrogen-bond acceptors (Lipinski definition) is 5. The number of aliphatic hydroxyl groups excluding tert-OH is 1. The van der Waals surface area contributed by atoms with E-state index in [9.17, 15) is 4.79 Å². The summed E-state index contributed by atoms with van der Waals surface area (Å²) in [4.78, 5) is 11.3. The fraction of sp³-hybridized carbons (Fsp3) is 0.500. The quantitative estimate of drug-likeness (QED) is 0.185. The third kappa shape index (κ3) is 8.43. The largest absolute Gasteiger partial charge is 0.491 e. The number of ether oxygens (including phenoxy) is 3. The van der Waals surface area contributed by atoms with E-state index in [0.717, 1.165) is 23.1 Å². The highest BCUT2D eigenvalue weighted by Crippen LogP contribution is 2.39. The average Bonchev–Trinajstić information content (AvgIpc) is 2.90. The molecule has 2 aromatic carbocycles. The summed E-state index contributed by atoms with van der Waals surface area (Å²) >= 11 is 0. The summed E-state index contributed by atoms with van der Waals surface area (Å²) in [5.41, 5.74) is 3.43. The second-order valence-corrected chi connectivity index (χ2v) is 9.29. The maximum absolute atomic E-state index is 11.3. The Kier molecular flexibility index (Phi) is 11.2. The van der Waals surface area contributed by atoms with Crippen LogP contribution in [0.2, 0.25) is 0 Å². The first-order valence-corrected chi connectivity index (χ1v) is 13.0. The number of carbonyl (C=O) groups excluding carboxylic acids is 1.